The van der Waals surface area contributed by atoms with E-state index in [0.717, 1.165) is 4.88 Å². The van der Waals surface area contributed by atoms with Crippen molar-refractivity contribution in [2.75, 3.05) is 13.2 Å². The number of sulfonamides is 1. The van der Waals surface area contributed by atoms with Crippen LogP contribution in [0.5, 0.6) is 0 Å². The fraction of sp³-hybridized carbons (Fsp3) is 0.600. The topological polar surface area (TPSA) is 66.4 Å². The summed E-state index contributed by atoms with van der Waals surface area (Å²) in [5, 5.41) is 8.71. The number of hydrogen-bond donors (Lipinski definition) is 2. The highest BCUT2D eigenvalue weighted by molar-refractivity contribution is 7.91. The van der Waals surface area contributed by atoms with E-state index in [0.29, 0.717) is 17.2 Å². The van der Waals surface area contributed by atoms with Gasteiger partial charge in [0.25, 0.3) is 0 Å². The minimum atomic E-state index is -3.37. The Balaban J connectivity index is 2.59. The lowest BCUT2D eigenvalue weighted by Crippen LogP contribution is -2.28. The Bertz CT molecular complexity index is 425. The van der Waals surface area contributed by atoms with Gasteiger partial charge < -0.3 is 5.11 Å². The minimum absolute atomic E-state index is 0.0843. The summed E-state index contributed by atoms with van der Waals surface area (Å²) in [7, 11) is -3.37. The molecule has 0 amide bonds. The first-order chi connectivity index (χ1) is 7.45. The molecule has 0 saturated heterocycles. The van der Waals surface area contributed by atoms with Gasteiger partial charge in [-0.05, 0) is 31.4 Å². The van der Waals surface area contributed by atoms with Crippen LogP contribution in [-0.2, 0) is 10.0 Å². The molecule has 6 heteroatoms. The Morgan fingerprint density at radius 2 is 2.19 bits per heavy atom. The normalized spacial score (nSPS) is 13.9. The second-order valence-corrected chi connectivity index (χ2v) is 7.12. The molecule has 0 radical (unpaired) electrons. The molecule has 16 heavy (non-hydrogen) atoms. The number of aliphatic hydroxyl groups excluding tert-OH is 1. The third-order valence-corrected chi connectivity index (χ3v) is 5.14. The van der Waals surface area contributed by atoms with E-state index in [4.69, 9.17) is 5.11 Å². The molecule has 0 aromatic carbocycles. The summed E-state index contributed by atoms with van der Waals surface area (Å²) in [6, 6.07) is 3.40. The zero-order chi connectivity index (χ0) is 12.2. The Labute approximate surface area is 100 Å². The maximum Gasteiger partial charge on any atom is 0.250 e. The van der Waals surface area contributed by atoms with Gasteiger partial charge >= 0.3 is 0 Å². The average molecular weight is 263 g/mol. The van der Waals surface area contributed by atoms with E-state index in [1.165, 1.54) is 11.3 Å². The van der Waals surface area contributed by atoms with Crippen molar-refractivity contribution in [1.29, 1.82) is 0 Å². The van der Waals surface area contributed by atoms with Crippen LogP contribution in [0.4, 0.5) is 0 Å². The van der Waals surface area contributed by atoms with Gasteiger partial charge in [0.15, 0.2) is 0 Å². The summed E-state index contributed by atoms with van der Waals surface area (Å²) < 4.78 is 26.5. The molecule has 0 aliphatic carbocycles. The van der Waals surface area contributed by atoms with E-state index >= 15 is 0 Å². The molecular weight excluding hydrogens is 246 g/mol. The molecule has 1 rings (SSSR count). The highest BCUT2D eigenvalue weighted by Crippen LogP contribution is 2.20. The van der Waals surface area contributed by atoms with Crippen molar-refractivity contribution in [1.82, 2.24) is 4.72 Å². The Morgan fingerprint density at radius 1 is 1.50 bits per heavy atom. The van der Waals surface area contributed by atoms with Crippen molar-refractivity contribution >= 4 is 21.4 Å². The van der Waals surface area contributed by atoms with Crippen LogP contribution in [0.1, 0.15) is 18.2 Å². The predicted molar refractivity (Wildman–Crippen MR) is 65.1 cm³/mol. The van der Waals surface area contributed by atoms with Crippen molar-refractivity contribution in [3.8, 4) is 0 Å². The first-order valence-corrected chi connectivity index (χ1v) is 7.42. The Kier molecular flexibility index (Phi) is 4.91. The molecule has 1 atom stereocenters. The van der Waals surface area contributed by atoms with Gasteiger partial charge in [-0.25, -0.2) is 13.1 Å². The van der Waals surface area contributed by atoms with Crippen LogP contribution < -0.4 is 4.72 Å². The summed E-state index contributed by atoms with van der Waals surface area (Å²) in [4.78, 5) is 0.976. The molecule has 0 saturated carbocycles. The van der Waals surface area contributed by atoms with Gasteiger partial charge in [0, 0.05) is 18.0 Å². The Morgan fingerprint density at radius 3 is 2.69 bits per heavy atom. The fourth-order valence-corrected chi connectivity index (χ4v) is 3.69. The van der Waals surface area contributed by atoms with E-state index < -0.39 is 10.0 Å². The molecule has 0 fully saturated rings. The first-order valence-electron chi connectivity index (χ1n) is 5.12. The van der Waals surface area contributed by atoms with Crippen molar-refractivity contribution in [2.24, 2.45) is 5.92 Å². The molecule has 0 aliphatic heterocycles. The summed E-state index contributed by atoms with van der Waals surface area (Å²) in [5.41, 5.74) is 0. The number of rotatable bonds is 6. The quantitative estimate of drug-likeness (QED) is 0.814. The van der Waals surface area contributed by atoms with Crippen LogP contribution in [0.15, 0.2) is 16.3 Å². The minimum Gasteiger partial charge on any atom is -0.396 e. The number of thiophene rings is 1. The van der Waals surface area contributed by atoms with Gasteiger partial charge in [0.05, 0.1) is 0 Å². The van der Waals surface area contributed by atoms with Crippen LogP contribution >= 0.6 is 11.3 Å². The van der Waals surface area contributed by atoms with E-state index in [2.05, 4.69) is 4.72 Å². The molecule has 1 heterocycles. The van der Waals surface area contributed by atoms with Crippen molar-refractivity contribution in [3.63, 3.8) is 0 Å². The third-order valence-electron chi connectivity index (χ3n) is 2.22. The van der Waals surface area contributed by atoms with E-state index in [1.54, 1.807) is 12.1 Å². The second-order valence-electron chi connectivity index (χ2n) is 3.83. The largest absolute Gasteiger partial charge is 0.396 e. The summed E-state index contributed by atoms with van der Waals surface area (Å²) in [6.07, 6.45) is 0.603. The maximum atomic E-state index is 11.8. The number of hydrogen-bond acceptors (Lipinski definition) is 4. The molecular formula is C10H17NO3S2. The van der Waals surface area contributed by atoms with Gasteiger partial charge in [-0.2, -0.15) is 0 Å². The van der Waals surface area contributed by atoms with Crippen LogP contribution in [-0.4, -0.2) is 26.7 Å². The molecule has 92 valence electrons. The lowest BCUT2D eigenvalue weighted by Gasteiger charge is -2.10. The van der Waals surface area contributed by atoms with Gasteiger partial charge in [-0.3, -0.25) is 0 Å². The average Bonchev–Trinajstić information content (AvgIpc) is 2.63. The molecule has 0 aliphatic rings. The first kappa shape index (κ1) is 13.6. The smallest absolute Gasteiger partial charge is 0.250 e. The van der Waals surface area contributed by atoms with Gasteiger partial charge in [0.2, 0.25) is 10.0 Å². The van der Waals surface area contributed by atoms with Gasteiger partial charge in [-0.1, -0.05) is 6.92 Å². The Hall–Kier alpha value is -0.430. The molecule has 1 aromatic heterocycles. The van der Waals surface area contributed by atoms with Crippen LogP contribution in [0.2, 0.25) is 0 Å². The third kappa shape index (κ3) is 3.86. The molecule has 2 N–H and O–H groups in total. The standard InChI is InChI=1S/C10H17NO3S2/c1-8(5-6-12)7-11-16(13,14)10-4-3-9(2)15-10/h3-4,8,11-12H,5-7H2,1-2H3. The highest BCUT2D eigenvalue weighted by atomic mass is 32.2. The summed E-state index contributed by atoms with van der Waals surface area (Å²) in [6.45, 7) is 4.22. The lowest BCUT2D eigenvalue weighted by atomic mass is 10.1. The van der Waals surface area contributed by atoms with E-state index in [1.807, 2.05) is 13.8 Å². The molecule has 0 spiro atoms. The van der Waals surface area contributed by atoms with Gasteiger partial charge in [-0.15, -0.1) is 11.3 Å². The number of aryl methyl sites for hydroxylation is 1. The summed E-state index contributed by atoms with van der Waals surface area (Å²) in [5.74, 6) is 0.140. The second kappa shape index (κ2) is 5.77. The van der Waals surface area contributed by atoms with E-state index in [-0.39, 0.29) is 12.5 Å². The molecule has 0 bridgehead atoms. The monoisotopic (exact) mass is 263 g/mol. The highest BCUT2D eigenvalue weighted by Gasteiger charge is 2.16. The molecule has 4 nitrogen and oxygen atoms in total. The zero-order valence-electron chi connectivity index (χ0n) is 9.43. The van der Waals surface area contributed by atoms with Crippen molar-refractivity contribution in [2.45, 2.75) is 24.5 Å². The SMILES string of the molecule is Cc1ccc(S(=O)(=O)NCC(C)CCO)s1. The van der Waals surface area contributed by atoms with Crippen molar-refractivity contribution in [3.05, 3.63) is 17.0 Å². The maximum absolute atomic E-state index is 11.8. The fourth-order valence-electron chi connectivity index (χ4n) is 1.20. The number of aliphatic hydroxyl groups is 1. The molecule has 1 aromatic rings. The predicted octanol–water partition coefficient (Wildman–Crippen LogP) is 1.35. The van der Waals surface area contributed by atoms with Crippen LogP contribution in [0.3, 0.4) is 0 Å². The van der Waals surface area contributed by atoms with E-state index in [9.17, 15) is 8.42 Å². The number of nitrogens with one attached hydrogen (secondary N) is 1. The van der Waals surface area contributed by atoms with Crippen LogP contribution in [0.25, 0.3) is 0 Å². The van der Waals surface area contributed by atoms with Gasteiger partial charge in [0.1, 0.15) is 4.21 Å². The molecule has 1 unspecified atom stereocenters. The van der Waals surface area contributed by atoms with Crippen molar-refractivity contribution < 1.29 is 13.5 Å². The zero-order valence-corrected chi connectivity index (χ0v) is 11.1. The van der Waals surface area contributed by atoms with Crippen LogP contribution in [0, 0.1) is 12.8 Å². The summed E-state index contributed by atoms with van der Waals surface area (Å²) >= 11 is 1.26. The lowest BCUT2D eigenvalue weighted by molar-refractivity contribution is 0.263.